The normalized spacial score (nSPS) is 11.4. The summed E-state index contributed by atoms with van der Waals surface area (Å²) in [6, 6.07) is 3.69. The average molecular weight is 234 g/mol. The lowest BCUT2D eigenvalue weighted by molar-refractivity contribution is -0.117. The SMILES string of the molecule is C#CCC(N)C(=O)Nc1cc(OC)ccc1O. The molecule has 0 radical (unpaired) electrons. The molecule has 1 rings (SSSR count). The summed E-state index contributed by atoms with van der Waals surface area (Å²) >= 11 is 0. The van der Waals surface area contributed by atoms with E-state index in [4.69, 9.17) is 16.9 Å². The molecule has 5 nitrogen and oxygen atoms in total. The van der Waals surface area contributed by atoms with Gasteiger partial charge in [0.1, 0.15) is 11.5 Å². The van der Waals surface area contributed by atoms with Crippen LogP contribution in [0.2, 0.25) is 0 Å². The van der Waals surface area contributed by atoms with Gasteiger partial charge in [-0.3, -0.25) is 4.79 Å². The quantitative estimate of drug-likeness (QED) is 0.528. The minimum absolute atomic E-state index is 0.0629. The van der Waals surface area contributed by atoms with Crippen molar-refractivity contribution in [1.29, 1.82) is 0 Å². The van der Waals surface area contributed by atoms with Gasteiger partial charge in [-0.05, 0) is 12.1 Å². The Morgan fingerprint density at radius 1 is 1.71 bits per heavy atom. The summed E-state index contributed by atoms with van der Waals surface area (Å²) in [4.78, 5) is 11.6. The topological polar surface area (TPSA) is 84.6 Å². The van der Waals surface area contributed by atoms with Crippen molar-refractivity contribution in [3.63, 3.8) is 0 Å². The highest BCUT2D eigenvalue weighted by atomic mass is 16.5. The zero-order valence-corrected chi connectivity index (χ0v) is 9.43. The molecule has 0 aromatic heterocycles. The molecular formula is C12H14N2O3. The summed E-state index contributed by atoms with van der Waals surface area (Å²) in [7, 11) is 1.49. The Balaban J connectivity index is 2.81. The van der Waals surface area contributed by atoms with E-state index in [0.29, 0.717) is 5.75 Å². The molecule has 0 bridgehead atoms. The molecule has 0 heterocycles. The van der Waals surface area contributed by atoms with E-state index in [0.717, 1.165) is 0 Å². The number of benzene rings is 1. The van der Waals surface area contributed by atoms with Crippen molar-refractivity contribution in [2.24, 2.45) is 5.73 Å². The number of ether oxygens (including phenoxy) is 1. The van der Waals surface area contributed by atoms with Crippen LogP contribution in [0, 0.1) is 12.3 Å². The molecule has 17 heavy (non-hydrogen) atoms. The van der Waals surface area contributed by atoms with Crippen LogP contribution in [-0.2, 0) is 4.79 Å². The van der Waals surface area contributed by atoms with Gasteiger partial charge in [0.25, 0.3) is 0 Å². The van der Waals surface area contributed by atoms with Crippen LogP contribution in [0.5, 0.6) is 11.5 Å². The lowest BCUT2D eigenvalue weighted by Crippen LogP contribution is -2.35. The minimum Gasteiger partial charge on any atom is -0.506 e. The summed E-state index contributed by atoms with van der Waals surface area (Å²) in [5.41, 5.74) is 5.77. The summed E-state index contributed by atoms with van der Waals surface area (Å²) < 4.78 is 4.97. The number of rotatable bonds is 4. The standard InChI is InChI=1S/C12H14N2O3/c1-3-4-9(13)12(16)14-10-7-8(17-2)5-6-11(10)15/h1,5-7,9,15H,4,13H2,2H3,(H,14,16). The molecule has 0 saturated heterocycles. The Morgan fingerprint density at radius 3 is 3.00 bits per heavy atom. The maximum Gasteiger partial charge on any atom is 0.242 e. The van der Waals surface area contributed by atoms with Gasteiger partial charge in [0, 0.05) is 12.5 Å². The Hall–Kier alpha value is -2.19. The highest BCUT2D eigenvalue weighted by Crippen LogP contribution is 2.27. The zero-order chi connectivity index (χ0) is 12.8. The average Bonchev–Trinajstić information content (AvgIpc) is 2.32. The molecule has 0 spiro atoms. The second-order valence-electron chi connectivity index (χ2n) is 3.39. The number of methoxy groups -OCH3 is 1. The van der Waals surface area contributed by atoms with Gasteiger partial charge in [0.2, 0.25) is 5.91 Å². The first kappa shape index (κ1) is 12.9. The van der Waals surface area contributed by atoms with Gasteiger partial charge >= 0.3 is 0 Å². The maximum absolute atomic E-state index is 11.6. The van der Waals surface area contributed by atoms with E-state index in [1.54, 1.807) is 6.07 Å². The lowest BCUT2D eigenvalue weighted by atomic mass is 10.2. The lowest BCUT2D eigenvalue weighted by Gasteiger charge is -2.11. The van der Waals surface area contributed by atoms with Crippen molar-refractivity contribution in [2.45, 2.75) is 12.5 Å². The number of terminal acetylenes is 1. The van der Waals surface area contributed by atoms with Gasteiger partial charge < -0.3 is 20.9 Å². The molecule has 0 aliphatic heterocycles. The molecule has 1 aromatic rings. The fraction of sp³-hybridized carbons (Fsp3) is 0.250. The first-order valence-corrected chi connectivity index (χ1v) is 4.95. The van der Waals surface area contributed by atoms with E-state index in [1.165, 1.54) is 19.2 Å². The third-order valence-electron chi connectivity index (χ3n) is 2.14. The molecule has 0 fully saturated rings. The molecule has 1 amide bonds. The molecule has 1 atom stereocenters. The number of anilines is 1. The van der Waals surface area contributed by atoms with E-state index < -0.39 is 11.9 Å². The summed E-state index contributed by atoms with van der Waals surface area (Å²) in [5.74, 6) is 2.30. The van der Waals surface area contributed by atoms with Crippen molar-refractivity contribution in [3.05, 3.63) is 18.2 Å². The number of amides is 1. The highest BCUT2D eigenvalue weighted by Gasteiger charge is 2.14. The Kier molecular flexibility index (Phi) is 4.37. The number of nitrogens with two attached hydrogens (primary N) is 1. The number of carbonyl (C=O) groups excluding carboxylic acids is 1. The van der Waals surface area contributed by atoms with E-state index in [-0.39, 0.29) is 17.9 Å². The number of hydrogen-bond acceptors (Lipinski definition) is 4. The second kappa shape index (κ2) is 5.77. The first-order chi connectivity index (χ1) is 8.08. The summed E-state index contributed by atoms with van der Waals surface area (Å²) in [6.07, 6.45) is 5.19. The van der Waals surface area contributed by atoms with Crippen LogP contribution < -0.4 is 15.8 Å². The van der Waals surface area contributed by atoms with E-state index in [9.17, 15) is 9.90 Å². The molecule has 0 saturated carbocycles. The van der Waals surface area contributed by atoms with Gasteiger partial charge in [0.05, 0.1) is 18.8 Å². The van der Waals surface area contributed by atoms with Crippen LogP contribution in [0.3, 0.4) is 0 Å². The molecule has 0 aliphatic rings. The van der Waals surface area contributed by atoms with Crippen molar-refractivity contribution in [2.75, 3.05) is 12.4 Å². The number of hydrogen-bond donors (Lipinski definition) is 3. The third-order valence-corrected chi connectivity index (χ3v) is 2.14. The van der Waals surface area contributed by atoms with Crippen molar-refractivity contribution in [3.8, 4) is 23.8 Å². The van der Waals surface area contributed by atoms with Crippen LogP contribution in [0.25, 0.3) is 0 Å². The number of aromatic hydroxyl groups is 1. The Labute approximate surface area is 99.6 Å². The van der Waals surface area contributed by atoms with E-state index in [2.05, 4.69) is 11.2 Å². The van der Waals surface area contributed by atoms with Crippen molar-refractivity contribution >= 4 is 11.6 Å². The van der Waals surface area contributed by atoms with E-state index >= 15 is 0 Å². The van der Waals surface area contributed by atoms with Crippen LogP contribution >= 0.6 is 0 Å². The van der Waals surface area contributed by atoms with E-state index in [1.807, 2.05) is 0 Å². The van der Waals surface area contributed by atoms with Crippen molar-refractivity contribution < 1.29 is 14.6 Å². The number of phenols is 1. The molecule has 1 aromatic carbocycles. The molecular weight excluding hydrogens is 220 g/mol. The van der Waals surface area contributed by atoms with Gasteiger partial charge in [-0.15, -0.1) is 12.3 Å². The monoisotopic (exact) mass is 234 g/mol. The number of carbonyl (C=O) groups is 1. The number of phenolic OH excluding ortho intramolecular Hbond substituents is 1. The third kappa shape index (κ3) is 3.40. The molecule has 5 heteroatoms. The molecule has 4 N–H and O–H groups in total. The van der Waals surface area contributed by atoms with Crippen LogP contribution in [0.15, 0.2) is 18.2 Å². The maximum atomic E-state index is 11.6. The minimum atomic E-state index is -0.800. The molecule has 1 unspecified atom stereocenters. The second-order valence-corrected chi connectivity index (χ2v) is 3.39. The predicted octanol–water partition coefficient (Wildman–Crippen LogP) is 0.690. The first-order valence-electron chi connectivity index (χ1n) is 4.95. The summed E-state index contributed by atoms with van der Waals surface area (Å²) in [6.45, 7) is 0. The van der Waals surface area contributed by atoms with Gasteiger partial charge in [-0.25, -0.2) is 0 Å². The molecule has 90 valence electrons. The largest absolute Gasteiger partial charge is 0.506 e. The van der Waals surface area contributed by atoms with Gasteiger partial charge in [0.15, 0.2) is 0 Å². The predicted molar refractivity (Wildman–Crippen MR) is 64.7 cm³/mol. The molecule has 0 aliphatic carbocycles. The van der Waals surface area contributed by atoms with Gasteiger partial charge in [-0.2, -0.15) is 0 Å². The van der Waals surface area contributed by atoms with Crippen LogP contribution in [-0.4, -0.2) is 24.2 Å². The van der Waals surface area contributed by atoms with Crippen molar-refractivity contribution in [1.82, 2.24) is 0 Å². The fourth-order valence-corrected chi connectivity index (χ4v) is 1.19. The Morgan fingerprint density at radius 2 is 2.41 bits per heavy atom. The highest BCUT2D eigenvalue weighted by molar-refractivity contribution is 5.96. The Bertz CT molecular complexity index is 452. The zero-order valence-electron chi connectivity index (χ0n) is 9.43. The van der Waals surface area contributed by atoms with Crippen LogP contribution in [0.1, 0.15) is 6.42 Å². The fourth-order valence-electron chi connectivity index (χ4n) is 1.19. The van der Waals surface area contributed by atoms with Crippen LogP contribution in [0.4, 0.5) is 5.69 Å². The summed E-state index contributed by atoms with van der Waals surface area (Å²) in [5, 5.41) is 12.0. The smallest absolute Gasteiger partial charge is 0.242 e. The van der Waals surface area contributed by atoms with Gasteiger partial charge in [-0.1, -0.05) is 0 Å². The number of nitrogens with one attached hydrogen (secondary N) is 1.